The minimum Gasteiger partial charge on any atom is -0.495 e. The number of carbonyl (C=O) groups excluding carboxylic acids is 1. The maximum Gasteiger partial charge on any atom is 0.224 e. The summed E-state index contributed by atoms with van der Waals surface area (Å²) in [5.74, 6) is 3.61. The summed E-state index contributed by atoms with van der Waals surface area (Å²) < 4.78 is 6.31. The minimum absolute atomic E-state index is 0.200. The molecule has 31 heavy (non-hydrogen) atoms. The van der Waals surface area contributed by atoms with Gasteiger partial charge in [-0.2, -0.15) is 0 Å². The van der Waals surface area contributed by atoms with Gasteiger partial charge in [-0.1, -0.05) is 0 Å². The van der Waals surface area contributed by atoms with Gasteiger partial charge in [-0.25, -0.2) is 4.98 Å². The number of pyridine rings is 1. The van der Waals surface area contributed by atoms with Gasteiger partial charge in [-0.15, -0.1) is 0 Å². The van der Waals surface area contributed by atoms with Crippen molar-refractivity contribution in [3.05, 3.63) is 16.7 Å². The van der Waals surface area contributed by atoms with E-state index in [4.69, 9.17) is 4.74 Å². The molecule has 170 valence electrons. The highest BCUT2D eigenvalue weighted by molar-refractivity contribution is 9.10. The highest BCUT2D eigenvalue weighted by Gasteiger charge is 2.47. The molecule has 7 nitrogen and oxygen atoms in total. The van der Waals surface area contributed by atoms with Crippen molar-refractivity contribution in [3.63, 3.8) is 0 Å². The number of fused-ring (bicyclic) bond motifs is 3. The number of ether oxygens (including phenoxy) is 1. The Labute approximate surface area is 193 Å². The van der Waals surface area contributed by atoms with Crippen LogP contribution >= 0.6 is 15.9 Å². The van der Waals surface area contributed by atoms with Crippen molar-refractivity contribution in [3.8, 4) is 5.75 Å². The summed E-state index contributed by atoms with van der Waals surface area (Å²) >= 11 is 3.48. The molecule has 0 radical (unpaired) electrons. The smallest absolute Gasteiger partial charge is 0.224 e. The predicted octanol–water partition coefficient (Wildman–Crippen LogP) is 2.26. The van der Waals surface area contributed by atoms with Crippen LogP contribution in [0, 0.1) is 17.8 Å². The Bertz CT molecular complexity index is 800. The van der Waals surface area contributed by atoms with Crippen LogP contribution in [0.3, 0.4) is 0 Å². The van der Waals surface area contributed by atoms with Crippen molar-refractivity contribution in [2.45, 2.75) is 44.2 Å². The molecule has 0 aromatic carbocycles. The van der Waals surface area contributed by atoms with Gasteiger partial charge in [0.25, 0.3) is 0 Å². The van der Waals surface area contributed by atoms with Crippen LogP contribution in [0.15, 0.2) is 16.7 Å². The first-order valence-corrected chi connectivity index (χ1v) is 12.6. The number of halogens is 1. The number of nitrogens with zero attached hydrogens (tertiary/aromatic N) is 3. The molecule has 3 saturated heterocycles. The SMILES string of the molecule is COc1cc(N2CCN(CC3CCC4C(C3)NC(=O)C3CCCNC34)CC2)ncc1Br. The van der Waals surface area contributed by atoms with Crippen molar-refractivity contribution >= 4 is 27.7 Å². The Morgan fingerprint density at radius 1 is 1.23 bits per heavy atom. The van der Waals surface area contributed by atoms with Crippen LogP contribution in [0.2, 0.25) is 0 Å². The van der Waals surface area contributed by atoms with Crippen molar-refractivity contribution in [2.75, 3.05) is 51.3 Å². The highest BCUT2D eigenvalue weighted by atomic mass is 79.9. The maximum atomic E-state index is 12.6. The first-order chi connectivity index (χ1) is 15.1. The zero-order chi connectivity index (χ0) is 21.4. The van der Waals surface area contributed by atoms with Crippen molar-refractivity contribution in [2.24, 2.45) is 17.8 Å². The number of hydrogen-bond donors (Lipinski definition) is 2. The van der Waals surface area contributed by atoms with Gasteiger partial charge in [0.2, 0.25) is 5.91 Å². The molecule has 8 heteroatoms. The number of anilines is 1. The summed E-state index contributed by atoms with van der Waals surface area (Å²) in [4.78, 5) is 22.2. The zero-order valence-corrected chi connectivity index (χ0v) is 19.9. The van der Waals surface area contributed by atoms with E-state index in [0.717, 1.165) is 74.6 Å². The molecule has 5 atom stereocenters. The van der Waals surface area contributed by atoms with E-state index in [0.29, 0.717) is 29.8 Å². The van der Waals surface area contributed by atoms with E-state index in [-0.39, 0.29) is 5.92 Å². The van der Waals surface area contributed by atoms with Gasteiger partial charge >= 0.3 is 0 Å². The van der Waals surface area contributed by atoms with E-state index in [1.54, 1.807) is 7.11 Å². The largest absolute Gasteiger partial charge is 0.495 e. The quantitative estimate of drug-likeness (QED) is 0.672. The zero-order valence-electron chi connectivity index (χ0n) is 18.4. The van der Waals surface area contributed by atoms with Gasteiger partial charge < -0.3 is 20.3 Å². The van der Waals surface area contributed by atoms with Gasteiger partial charge in [0.15, 0.2) is 0 Å². The molecule has 1 amide bonds. The normalized spacial score (nSPS) is 33.9. The lowest BCUT2D eigenvalue weighted by Crippen LogP contribution is -2.64. The fourth-order valence-corrected chi connectivity index (χ4v) is 6.63. The first-order valence-electron chi connectivity index (χ1n) is 11.8. The number of rotatable bonds is 4. The second kappa shape index (κ2) is 9.24. The molecule has 4 heterocycles. The topological polar surface area (TPSA) is 69.7 Å². The Hall–Kier alpha value is -1.38. The number of nitrogens with one attached hydrogen (secondary N) is 2. The average molecular weight is 492 g/mol. The third kappa shape index (κ3) is 4.44. The number of aromatic nitrogens is 1. The van der Waals surface area contributed by atoms with Crippen LogP contribution in [0.5, 0.6) is 5.75 Å². The molecule has 1 aliphatic carbocycles. The van der Waals surface area contributed by atoms with Crippen molar-refractivity contribution in [1.29, 1.82) is 0 Å². The number of piperazine rings is 1. The number of amides is 1. The fraction of sp³-hybridized carbons (Fsp3) is 0.739. The molecule has 2 N–H and O–H groups in total. The van der Waals surface area contributed by atoms with Crippen LogP contribution in [0.1, 0.15) is 32.1 Å². The molecule has 5 rings (SSSR count). The van der Waals surface area contributed by atoms with Gasteiger partial charge in [0.05, 0.1) is 17.5 Å². The number of carbonyl (C=O) groups is 1. The molecule has 0 spiro atoms. The summed E-state index contributed by atoms with van der Waals surface area (Å²) in [7, 11) is 1.69. The van der Waals surface area contributed by atoms with E-state index in [9.17, 15) is 4.79 Å². The van der Waals surface area contributed by atoms with Gasteiger partial charge in [0.1, 0.15) is 11.6 Å². The summed E-state index contributed by atoms with van der Waals surface area (Å²) in [5.41, 5.74) is 0. The second-order valence-corrected chi connectivity index (χ2v) is 10.5. The van der Waals surface area contributed by atoms with Gasteiger partial charge in [-0.05, 0) is 66.4 Å². The number of piperidine rings is 2. The van der Waals surface area contributed by atoms with Crippen LogP contribution in [0.4, 0.5) is 5.82 Å². The Balaban J connectivity index is 1.14. The number of methoxy groups -OCH3 is 1. The van der Waals surface area contributed by atoms with Crippen LogP contribution in [-0.2, 0) is 4.79 Å². The highest BCUT2D eigenvalue weighted by Crippen LogP contribution is 2.39. The molecule has 1 saturated carbocycles. The molecule has 4 aliphatic rings. The van der Waals surface area contributed by atoms with E-state index in [1.165, 1.54) is 12.8 Å². The first kappa shape index (κ1) is 21.5. The molecule has 3 aliphatic heterocycles. The summed E-state index contributed by atoms with van der Waals surface area (Å²) in [6, 6.07) is 2.78. The molecule has 5 unspecified atom stereocenters. The van der Waals surface area contributed by atoms with Crippen LogP contribution in [-0.4, -0.2) is 74.3 Å². The average Bonchev–Trinajstić information content (AvgIpc) is 2.80. The standard InChI is InChI=1S/C23H34BrN5O2/c1-31-20-12-21(26-13-18(20)24)29-9-7-28(8-10-29)14-15-4-5-16-19(11-15)27-23(30)17-3-2-6-25-22(16)17/h12-13,15-17,19,22,25H,2-11,14H2,1H3,(H,27,30). The van der Waals surface area contributed by atoms with E-state index in [2.05, 4.69) is 41.3 Å². The Morgan fingerprint density at radius 3 is 2.87 bits per heavy atom. The van der Waals surface area contributed by atoms with Crippen molar-refractivity contribution in [1.82, 2.24) is 20.5 Å². The third-order valence-corrected chi connectivity index (χ3v) is 8.48. The lowest BCUT2D eigenvalue weighted by Gasteiger charge is -2.50. The molecular weight excluding hydrogens is 458 g/mol. The summed E-state index contributed by atoms with van der Waals surface area (Å²) in [6.07, 6.45) is 7.67. The molecule has 0 bridgehead atoms. The molecular formula is C23H34BrN5O2. The third-order valence-electron chi connectivity index (χ3n) is 7.88. The van der Waals surface area contributed by atoms with Crippen molar-refractivity contribution < 1.29 is 9.53 Å². The molecule has 1 aromatic heterocycles. The summed E-state index contributed by atoms with van der Waals surface area (Å²) in [6.45, 7) is 6.31. The van der Waals surface area contributed by atoms with E-state index < -0.39 is 0 Å². The predicted molar refractivity (Wildman–Crippen MR) is 124 cm³/mol. The van der Waals surface area contributed by atoms with E-state index in [1.807, 2.05) is 12.3 Å². The van der Waals surface area contributed by atoms with Gasteiger partial charge in [0, 0.05) is 57.1 Å². The minimum atomic E-state index is 0.200. The molecule has 1 aromatic rings. The maximum absolute atomic E-state index is 12.6. The Kier molecular flexibility index (Phi) is 6.40. The fourth-order valence-electron chi connectivity index (χ4n) is 6.25. The monoisotopic (exact) mass is 491 g/mol. The lowest BCUT2D eigenvalue weighted by molar-refractivity contribution is -0.133. The van der Waals surface area contributed by atoms with Crippen LogP contribution < -0.4 is 20.3 Å². The summed E-state index contributed by atoms with van der Waals surface area (Å²) in [5, 5.41) is 7.08. The van der Waals surface area contributed by atoms with E-state index >= 15 is 0 Å². The van der Waals surface area contributed by atoms with Gasteiger partial charge in [-0.3, -0.25) is 9.69 Å². The number of hydrogen-bond acceptors (Lipinski definition) is 6. The molecule has 4 fully saturated rings. The Morgan fingerprint density at radius 2 is 2.06 bits per heavy atom. The lowest BCUT2D eigenvalue weighted by atomic mass is 9.67. The second-order valence-electron chi connectivity index (χ2n) is 9.65. The van der Waals surface area contributed by atoms with Crippen LogP contribution in [0.25, 0.3) is 0 Å².